The second-order valence-corrected chi connectivity index (χ2v) is 8.35. The highest BCUT2D eigenvalue weighted by Gasteiger charge is 2.18. The van der Waals surface area contributed by atoms with E-state index in [1.807, 2.05) is 37.3 Å². The summed E-state index contributed by atoms with van der Waals surface area (Å²) in [5.74, 6) is -0.438. The third-order valence-electron chi connectivity index (χ3n) is 5.13. The summed E-state index contributed by atoms with van der Waals surface area (Å²) >= 11 is 1.58. The van der Waals surface area contributed by atoms with Crippen molar-refractivity contribution in [1.82, 2.24) is 10.3 Å². The molecule has 0 unspecified atom stereocenters. The number of ketones is 1. The van der Waals surface area contributed by atoms with Gasteiger partial charge in [0.1, 0.15) is 5.01 Å². The Morgan fingerprint density at radius 3 is 2.23 bits per heavy atom. The Morgan fingerprint density at radius 1 is 0.839 bits per heavy atom. The monoisotopic (exact) mass is 426 g/mol. The third-order valence-corrected chi connectivity index (χ3v) is 6.32. The summed E-state index contributed by atoms with van der Waals surface area (Å²) in [7, 11) is 0. The Balaban J connectivity index is 1.53. The number of aromatic nitrogens is 1. The lowest BCUT2D eigenvalue weighted by Crippen LogP contribution is -2.25. The van der Waals surface area contributed by atoms with Crippen LogP contribution in [0.2, 0.25) is 0 Å². The minimum atomic E-state index is -0.273. The molecule has 0 saturated heterocycles. The Morgan fingerprint density at radius 2 is 1.48 bits per heavy atom. The number of benzene rings is 3. The molecule has 4 aromatic rings. The van der Waals surface area contributed by atoms with Crippen molar-refractivity contribution < 1.29 is 9.59 Å². The molecule has 0 atom stereocenters. The number of carbonyl (C=O) groups is 2. The quantitative estimate of drug-likeness (QED) is 0.409. The van der Waals surface area contributed by atoms with Crippen molar-refractivity contribution in [3.05, 3.63) is 112 Å². The van der Waals surface area contributed by atoms with E-state index in [2.05, 4.69) is 24.4 Å². The normalized spacial score (nSPS) is 10.6. The third kappa shape index (κ3) is 4.47. The van der Waals surface area contributed by atoms with Crippen LogP contribution in [0.3, 0.4) is 0 Å². The van der Waals surface area contributed by atoms with Crippen LogP contribution in [0.25, 0.3) is 10.6 Å². The molecule has 0 radical (unpaired) electrons. The van der Waals surface area contributed by atoms with Crippen LogP contribution in [0.15, 0.2) is 78.9 Å². The van der Waals surface area contributed by atoms with Gasteiger partial charge in [-0.25, -0.2) is 4.98 Å². The van der Waals surface area contributed by atoms with E-state index < -0.39 is 0 Å². The van der Waals surface area contributed by atoms with Crippen molar-refractivity contribution in [2.75, 3.05) is 0 Å². The predicted molar refractivity (Wildman–Crippen MR) is 125 cm³/mol. The number of thiazole rings is 1. The van der Waals surface area contributed by atoms with Crippen molar-refractivity contribution in [2.45, 2.75) is 20.4 Å². The fourth-order valence-electron chi connectivity index (χ4n) is 3.40. The van der Waals surface area contributed by atoms with Crippen LogP contribution >= 0.6 is 11.3 Å². The van der Waals surface area contributed by atoms with Gasteiger partial charge in [-0.15, -0.1) is 11.3 Å². The molecule has 1 heterocycles. The van der Waals surface area contributed by atoms with Crippen LogP contribution in [0.4, 0.5) is 0 Å². The van der Waals surface area contributed by atoms with E-state index in [0.29, 0.717) is 23.2 Å². The molecular formula is C26H22N2O2S. The maximum atomic E-state index is 12.9. The number of nitrogens with zero attached hydrogens (tertiary/aromatic N) is 1. The van der Waals surface area contributed by atoms with E-state index in [4.69, 9.17) is 4.98 Å². The molecule has 31 heavy (non-hydrogen) atoms. The molecule has 4 rings (SSSR count). The summed E-state index contributed by atoms with van der Waals surface area (Å²) in [6, 6.07) is 24.0. The number of hydrogen-bond donors (Lipinski definition) is 1. The molecule has 5 heteroatoms. The van der Waals surface area contributed by atoms with Gasteiger partial charge in [-0.2, -0.15) is 0 Å². The standard InChI is InChI=1S/C26H22N2O2S/c1-17-10-6-7-13-20(17)26-28-18(2)23(31-26)16-27-25(30)22-15-9-8-14-21(22)24(29)19-11-4-3-5-12-19/h3-15H,16H2,1-2H3,(H,27,30). The minimum Gasteiger partial charge on any atom is -0.347 e. The highest BCUT2D eigenvalue weighted by Crippen LogP contribution is 2.30. The van der Waals surface area contributed by atoms with E-state index in [1.165, 1.54) is 5.56 Å². The second-order valence-electron chi connectivity index (χ2n) is 7.27. The summed E-state index contributed by atoms with van der Waals surface area (Å²) in [4.78, 5) is 31.5. The first-order valence-electron chi connectivity index (χ1n) is 10.0. The molecule has 0 saturated carbocycles. The van der Waals surface area contributed by atoms with E-state index in [9.17, 15) is 9.59 Å². The van der Waals surface area contributed by atoms with E-state index in [0.717, 1.165) is 21.1 Å². The summed E-state index contributed by atoms with van der Waals surface area (Å²) in [5, 5.41) is 3.91. The van der Waals surface area contributed by atoms with Gasteiger partial charge >= 0.3 is 0 Å². The zero-order chi connectivity index (χ0) is 21.8. The molecule has 154 valence electrons. The Bertz CT molecular complexity index is 1250. The van der Waals surface area contributed by atoms with Crippen LogP contribution < -0.4 is 5.32 Å². The average molecular weight is 427 g/mol. The molecule has 1 N–H and O–H groups in total. The molecule has 0 aliphatic rings. The summed E-state index contributed by atoms with van der Waals surface area (Å²) in [6.45, 7) is 4.38. The van der Waals surface area contributed by atoms with Gasteiger partial charge in [0.15, 0.2) is 5.78 Å². The molecule has 1 aromatic heterocycles. The smallest absolute Gasteiger partial charge is 0.252 e. The van der Waals surface area contributed by atoms with Crippen molar-refractivity contribution in [3.63, 3.8) is 0 Å². The zero-order valence-corrected chi connectivity index (χ0v) is 18.2. The molecule has 0 bridgehead atoms. The maximum absolute atomic E-state index is 12.9. The van der Waals surface area contributed by atoms with Gasteiger partial charge in [0.05, 0.1) is 17.8 Å². The number of hydrogen-bond acceptors (Lipinski definition) is 4. The minimum absolute atomic E-state index is 0.165. The lowest BCUT2D eigenvalue weighted by Gasteiger charge is -2.09. The van der Waals surface area contributed by atoms with Gasteiger partial charge in [0.25, 0.3) is 5.91 Å². The largest absolute Gasteiger partial charge is 0.347 e. The van der Waals surface area contributed by atoms with Crippen molar-refractivity contribution >= 4 is 23.0 Å². The topological polar surface area (TPSA) is 59.1 Å². The second kappa shape index (κ2) is 9.06. The van der Waals surface area contributed by atoms with Gasteiger partial charge < -0.3 is 5.32 Å². The average Bonchev–Trinajstić information content (AvgIpc) is 3.18. The van der Waals surface area contributed by atoms with Crippen LogP contribution in [0, 0.1) is 13.8 Å². The first-order chi connectivity index (χ1) is 15.0. The molecule has 0 spiro atoms. The molecular weight excluding hydrogens is 404 g/mol. The Hall–Kier alpha value is -3.57. The Labute approximate surface area is 185 Å². The van der Waals surface area contributed by atoms with Crippen molar-refractivity contribution in [2.24, 2.45) is 0 Å². The Kier molecular flexibility index (Phi) is 6.05. The highest BCUT2D eigenvalue weighted by molar-refractivity contribution is 7.15. The molecule has 0 aliphatic heterocycles. The van der Waals surface area contributed by atoms with Gasteiger partial charge in [-0.3, -0.25) is 9.59 Å². The van der Waals surface area contributed by atoms with Crippen LogP contribution in [0.5, 0.6) is 0 Å². The van der Waals surface area contributed by atoms with E-state index in [-0.39, 0.29) is 11.7 Å². The van der Waals surface area contributed by atoms with E-state index >= 15 is 0 Å². The number of aryl methyl sites for hydroxylation is 2. The SMILES string of the molecule is Cc1ccccc1-c1nc(C)c(CNC(=O)c2ccccc2C(=O)c2ccccc2)s1. The molecule has 3 aromatic carbocycles. The van der Waals surface area contributed by atoms with Crippen molar-refractivity contribution in [1.29, 1.82) is 0 Å². The number of rotatable bonds is 6. The molecule has 0 aliphatic carbocycles. The molecule has 0 fully saturated rings. The molecule has 1 amide bonds. The summed E-state index contributed by atoms with van der Waals surface area (Å²) < 4.78 is 0. The van der Waals surface area contributed by atoms with Crippen LogP contribution in [0.1, 0.15) is 42.4 Å². The summed E-state index contributed by atoms with van der Waals surface area (Å²) in [6.07, 6.45) is 0. The van der Waals surface area contributed by atoms with Crippen LogP contribution in [-0.4, -0.2) is 16.7 Å². The summed E-state index contributed by atoms with van der Waals surface area (Å²) in [5.41, 5.74) is 4.50. The number of carbonyl (C=O) groups excluding carboxylic acids is 2. The predicted octanol–water partition coefficient (Wildman–Crippen LogP) is 5.59. The van der Waals surface area contributed by atoms with E-state index in [1.54, 1.807) is 47.7 Å². The fourth-order valence-corrected chi connectivity index (χ4v) is 4.49. The lowest BCUT2D eigenvalue weighted by atomic mass is 9.98. The first kappa shape index (κ1) is 20.7. The van der Waals surface area contributed by atoms with Crippen LogP contribution in [-0.2, 0) is 6.54 Å². The highest BCUT2D eigenvalue weighted by atomic mass is 32.1. The van der Waals surface area contributed by atoms with Gasteiger partial charge in [0, 0.05) is 21.6 Å². The number of nitrogens with one attached hydrogen (secondary N) is 1. The fraction of sp³-hybridized carbons (Fsp3) is 0.115. The van der Waals surface area contributed by atoms with Crippen molar-refractivity contribution in [3.8, 4) is 10.6 Å². The molecule has 4 nitrogen and oxygen atoms in total. The van der Waals surface area contributed by atoms with Gasteiger partial charge in [-0.05, 0) is 25.5 Å². The zero-order valence-electron chi connectivity index (χ0n) is 17.4. The maximum Gasteiger partial charge on any atom is 0.252 e. The first-order valence-corrected chi connectivity index (χ1v) is 10.9. The van der Waals surface area contributed by atoms with Gasteiger partial charge in [0.2, 0.25) is 0 Å². The number of amides is 1. The lowest BCUT2D eigenvalue weighted by molar-refractivity contribution is 0.0940. The van der Waals surface area contributed by atoms with Gasteiger partial charge in [-0.1, -0.05) is 72.8 Å².